The molecule has 0 amide bonds. The van der Waals surface area contributed by atoms with Crippen LogP contribution in [0.2, 0.25) is 0 Å². The Balaban J connectivity index is 1.79. The molecule has 1 heterocycles. The predicted octanol–water partition coefficient (Wildman–Crippen LogP) is 4.44. The number of nitrogens with zero attached hydrogens (tertiary/aromatic N) is 1. The molecule has 1 saturated heterocycles. The Morgan fingerprint density at radius 2 is 1.64 bits per heavy atom. The molecule has 1 unspecified atom stereocenters. The molecule has 0 bridgehead atoms. The molecule has 152 valence electrons. The van der Waals surface area contributed by atoms with Crippen molar-refractivity contribution < 1.29 is 13.5 Å². The second-order valence-electron chi connectivity index (χ2n) is 8.42. The second kappa shape index (κ2) is 7.97. The maximum absolute atomic E-state index is 13.2. The Morgan fingerprint density at radius 3 is 2.25 bits per heavy atom. The zero-order valence-corrected chi connectivity index (χ0v) is 17.9. The van der Waals surface area contributed by atoms with E-state index in [9.17, 15) is 13.5 Å². The molecule has 4 nitrogen and oxygen atoms in total. The van der Waals surface area contributed by atoms with E-state index in [2.05, 4.69) is 20.8 Å². The van der Waals surface area contributed by atoms with E-state index >= 15 is 0 Å². The van der Waals surface area contributed by atoms with Crippen LogP contribution in [0.5, 0.6) is 0 Å². The van der Waals surface area contributed by atoms with Crippen molar-refractivity contribution in [2.45, 2.75) is 62.4 Å². The van der Waals surface area contributed by atoms with Crippen molar-refractivity contribution in [2.24, 2.45) is 0 Å². The molecule has 1 fully saturated rings. The molecule has 1 aliphatic rings. The average Bonchev–Trinajstić information content (AvgIpc) is 2.92. The van der Waals surface area contributed by atoms with Gasteiger partial charge in [0.25, 0.3) is 0 Å². The first-order valence-corrected chi connectivity index (χ1v) is 11.5. The van der Waals surface area contributed by atoms with Gasteiger partial charge in [-0.3, -0.25) is 0 Å². The fourth-order valence-corrected chi connectivity index (χ4v) is 5.28. The van der Waals surface area contributed by atoms with Crippen LogP contribution >= 0.6 is 0 Å². The van der Waals surface area contributed by atoms with Gasteiger partial charge in [0.15, 0.2) is 0 Å². The lowest BCUT2D eigenvalue weighted by molar-refractivity contribution is 0.0228. The SMILES string of the molecule is CCC(C)(C)c1ccc(S(=O)(=O)N2CCCC(O)(c3ccccc3)CC2)cc1. The van der Waals surface area contributed by atoms with E-state index in [4.69, 9.17) is 0 Å². The van der Waals surface area contributed by atoms with Gasteiger partial charge >= 0.3 is 0 Å². The Morgan fingerprint density at radius 1 is 1.00 bits per heavy atom. The van der Waals surface area contributed by atoms with E-state index in [-0.39, 0.29) is 5.41 Å². The lowest BCUT2D eigenvalue weighted by atomic mass is 9.82. The van der Waals surface area contributed by atoms with E-state index in [1.54, 1.807) is 12.1 Å². The van der Waals surface area contributed by atoms with Gasteiger partial charge in [-0.15, -0.1) is 0 Å². The molecule has 1 N–H and O–H groups in total. The van der Waals surface area contributed by atoms with Gasteiger partial charge in [0.05, 0.1) is 10.5 Å². The van der Waals surface area contributed by atoms with Crippen LogP contribution < -0.4 is 0 Å². The molecule has 0 aromatic heterocycles. The van der Waals surface area contributed by atoms with Crippen molar-refractivity contribution >= 4 is 10.0 Å². The number of hydrogen-bond acceptors (Lipinski definition) is 3. The van der Waals surface area contributed by atoms with Crippen molar-refractivity contribution in [3.63, 3.8) is 0 Å². The van der Waals surface area contributed by atoms with Gasteiger partial charge in [-0.25, -0.2) is 8.42 Å². The summed E-state index contributed by atoms with van der Waals surface area (Å²) in [5, 5.41) is 11.1. The zero-order chi connectivity index (χ0) is 20.4. The lowest BCUT2D eigenvalue weighted by Gasteiger charge is -2.27. The van der Waals surface area contributed by atoms with Crippen molar-refractivity contribution in [2.75, 3.05) is 13.1 Å². The smallest absolute Gasteiger partial charge is 0.243 e. The standard InChI is InChI=1S/C23H31NO3S/c1-4-22(2,3)19-11-13-21(14-12-19)28(26,27)24-17-8-15-23(25,16-18-24)20-9-6-5-7-10-20/h5-7,9-14,25H,4,8,15-18H2,1-3H3. The van der Waals surface area contributed by atoms with E-state index in [0.717, 1.165) is 17.5 Å². The number of aliphatic hydroxyl groups is 1. The molecule has 2 aromatic rings. The molecule has 2 aromatic carbocycles. The molecule has 0 saturated carbocycles. The van der Waals surface area contributed by atoms with Crippen molar-refractivity contribution in [1.29, 1.82) is 0 Å². The summed E-state index contributed by atoms with van der Waals surface area (Å²) >= 11 is 0. The summed E-state index contributed by atoms with van der Waals surface area (Å²) < 4.78 is 27.8. The van der Waals surface area contributed by atoms with Gasteiger partial charge in [-0.1, -0.05) is 63.2 Å². The molecule has 3 rings (SSSR count). The van der Waals surface area contributed by atoms with E-state index in [0.29, 0.717) is 37.2 Å². The van der Waals surface area contributed by atoms with Crippen LogP contribution in [-0.4, -0.2) is 30.9 Å². The normalized spacial score (nSPS) is 22.0. The third-order valence-electron chi connectivity index (χ3n) is 6.24. The van der Waals surface area contributed by atoms with Crippen LogP contribution in [0.4, 0.5) is 0 Å². The third-order valence-corrected chi connectivity index (χ3v) is 8.15. The van der Waals surface area contributed by atoms with Crippen molar-refractivity contribution in [1.82, 2.24) is 4.31 Å². The summed E-state index contributed by atoms with van der Waals surface area (Å²) in [6, 6.07) is 16.9. The van der Waals surface area contributed by atoms with Crippen molar-refractivity contribution in [3.8, 4) is 0 Å². The molecular weight excluding hydrogens is 370 g/mol. The highest BCUT2D eigenvalue weighted by molar-refractivity contribution is 7.89. The van der Waals surface area contributed by atoms with Gasteiger partial charge in [0.1, 0.15) is 0 Å². The lowest BCUT2D eigenvalue weighted by Crippen LogP contribution is -2.33. The first-order chi connectivity index (χ1) is 13.2. The Bertz CT molecular complexity index is 891. The van der Waals surface area contributed by atoms with Gasteiger partial charge in [-0.05, 0) is 54.4 Å². The minimum Gasteiger partial charge on any atom is -0.385 e. The minimum absolute atomic E-state index is 0.0249. The largest absolute Gasteiger partial charge is 0.385 e. The zero-order valence-electron chi connectivity index (χ0n) is 17.1. The van der Waals surface area contributed by atoms with Gasteiger partial charge in [0, 0.05) is 13.1 Å². The van der Waals surface area contributed by atoms with E-state index in [1.807, 2.05) is 42.5 Å². The highest BCUT2D eigenvalue weighted by atomic mass is 32.2. The topological polar surface area (TPSA) is 57.6 Å². The quantitative estimate of drug-likeness (QED) is 0.806. The third kappa shape index (κ3) is 4.17. The van der Waals surface area contributed by atoms with Crippen LogP contribution in [0.25, 0.3) is 0 Å². The Kier molecular flexibility index (Phi) is 5.99. The fourth-order valence-electron chi connectivity index (χ4n) is 3.80. The number of sulfonamides is 1. The van der Waals surface area contributed by atoms with Crippen LogP contribution in [-0.2, 0) is 21.0 Å². The van der Waals surface area contributed by atoms with Crippen molar-refractivity contribution in [3.05, 3.63) is 65.7 Å². The van der Waals surface area contributed by atoms with Crippen LogP contribution in [0.15, 0.2) is 59.5 Å². The van der Waals surface area contributed by atoms with Crippen LogP contribution in [0.3, 0.4) is 0 Å². The average molecular weight is 402 g/mol. The summed E-state index contributed by atoms with van der Waals surface area (Å²) in [5.74, 6) is 0. The highest BCUT2D eigenvalue weighted by Gasteiger charge is 2.35. The maximum Gasteiger partial charge on any atom is 0.243 e. The molecule has 1 aliphatic heterocycles. The molecule has 0 radical (unpaired) electrons. The summed E-state index contributed by atoms with van der Waals surface area (Å²) in [7, 11) is -3.56. The Hall–Kier alpha value is -1.69. The highest BCUT2D eigenvalue weighted by Crippen LogP contribution is 2.34. The Labute approximate surface area is 169 Å². The number of benzene rings is 2. The molecule has 0 aliphatic carbocycles. The van der Waals surface area contributed by atoms with Gasteiger partial charge in [-0.2, -0.15) is 4.31 Å². The molecule has 28 heavy (non-hydrogen) atoms. The molecule has 1 atom stereocenters. The second-order valence-corrected chi connectivity index (χ2v) is 10.4. The molecular formula is C23H31NO3S. The maximum atomic E-state index is 13.2. The monoisotopic (exact) mass is 401 g/mol. The molecule has 5 heteroatoms. The van der Waals surface area contributed by atoms with Gasteiger partial charge in [0.2, 0.25) is 10.0 Å². The summed E-state index contributed by atoms with van der Waals surface area (Å²) in [6.07, 6.45) is 2.58. The first-order valence-electron chi connectivity index (χ1n) is 10.1. The first kappa shape index (κ1) is 21.0. The number of rotatable bonds is 5. The molecule has 0 spiro atoms. The van der Waals surface area contributed by atoms with Gasteiger partial charge < -0.3 is 5.11 Å². The number of hydrogen-bond donors (Lipinski definition) is 1. The van der Waals surface area contributed by atoms with Crippen LogP contribution in [0.1, 0.15) is 57.6 Å². The van der Waals surface area contributed by atoms with E-state index < -0.39 is 15.6 Å². The summed E-state index contributed by atoms with van der Waals surface area (Å²) in [5.41, 5.74) is 1.06. The van der Waals surface area contributed by atoms with Crippen LogP contribution in [0, 0.1) is 0 Å². The summed E-state index contributed by atoms with van der Waals surface area (Å²) in [4.78, 5) is 0.327. The summed E-state index contributed by atoms with van der Waals surface area (Å²) in [6.45, 7) is 7.21. The predicted molar refractivity (Wildman–Crippen MR) is 113 cm³/mol. The van der Waals surface area contributed by atoms with E-state index in [1.165, 1.54) is 4.31 Å². The fraction of sp³-hybridized carbons (Fsp3) is 0.478. The minimum atomic E-state index is -3.56.